The largest absolute Gasteiger partial charge is 0.497 e. The van der Waals surface area contributed by atoms with Crippen LogP contribution in [0.1, 0.15) is 21.8 Å². The van der Waals surface area contributed by atoms with Gasteiger partial charge in [-0.15, -0.1) is 0 Å². The molecule has 1 aromatic carbocycles. The molecule has 1 N–H and O–H groups in total. The molecule has 1 heterocycles. The number of nitrogens with zero attached hydrogens (tertiary/aromatic N) is 1. The van der Waals surface area contributed by atoms with E-state index in [1.54, 1.807) is 33.3 Å². The Morgan fingerprint density at radius 2 is 1.85 bits per heavy atom. The Bertz CT molecular complexity index is 585. The van der Waals surface area contributed by atoms with Crippen LogP contribution in [0.3, 0.4) is 0 Å². The monoisotopic (exact) mass is 276 g/mol. The second kappa shape index (κ2) is 6.10. The van der Waals surface area contributed by atoms with Crippen molar-refractivity contribution < 1.29 is 18.8 Å². The minimum atomic E-state index is -0.313. The number of carbonyl (C=O) groups is 1. The highest BCUT2D eigenvalue weighted by atomic mass is 16.5. The molecule has 2 aromatic rings. The molecule has 1 amide bonds. The lowest BCUT2D eigenvalue weighted by Crippen LogP contribution is -2.22. The van der Waals surface area contributed by atoms with Gasteiger partial charge in [-0.2, -0.15) is 0 Å². The summed E-state index contributed by atoms with van der Waals surface area (Å²) in [5.41, 5.74) is 1.53. The number of aryl methyl sites for hydroxylation is 1. The van der Waals surface area contributed by atoms with Crippen LogP contribution in [0, 0.1) is 6.92 Å². The van der Waals surface area contributed by atoms with E-state index in [-0.39, 0.29) is 11.7 Å². The summed E-state index contributed by atoms with van der Waals surface area (Å²) in [7, 11) is 3.16. The van der Waals surface area contributed by atoms with Crippen molar-refractivity contribution in [3.8, 4) is 11.5 Å². The number of nitrogens with one attached hydrogen (secondary N) is 1. The summed E-state index contributed by atoms with van der Waals surface area (Å²) in [6, 6.07) is 7.01. The third-order valence-electron chi connectivity index (χ3n) is 2.72. The number of rotatable bonds is 5. The average molecular weight is 276 g/mol. The standard InChI is InChI=1S/C14H16N2O4/c1-9-4-13(20-16-9)14(17)15-8-10-5-11(18-2)7-12(6-10)19-3/h4-7H,8H2,1-3H3,(H,15,17). The fourth-order valence-corrected chi connectivity index (χ4v) is 1.71. The summed E-state index contributed by atoms with van der Waals surface area (Å²) >= 11 is 0. The first-order valence-electron chi connectivity index (χ1n) is 6.06. The zero-order chi connectivity index (χ0) is 14.5. The van der Waals surface area contributed by atoms with Gasteiger partial charge < -0.3 is 19.3 Å². The zero-order valence-corrected chi connectivity index (χ0v) is 11.6. The predicted octanol–water partition coefficient (Wildman–Crippen LogP) is 1.93. The van der Waals surface area contributed by atoms with Gasteiger partial charge in [0.05, 0.1) is 19.9 Å². The molecule has 20 heavy (non-hydrogen) atoms. The van der Waals surface area contributed by atoms with Gasteiger partial charge in [0.1, 0.15) is 11.5 Å². The van der Waals surface area contributed by atoms with E-state index in [9.17, 15) is 4.79 Å². The number of ether oxygens (including phenoxy) is 2. The van der Waals surface area contributed by atoms with Crippen molar-refractivity contribution in [3.05, 3.63) is 41.3 Å². The molecule has 106 valence electrons. The molecule has 2 rings (SSSR count). The lowest BCUT2D eigenvalue weighted by atomic mass is 10.2. The van der Waals surface area contributed by atoms with Gasteiger partial charge in [0.25, 0.3) is 5.91 Å². The summed E-state index contributed by atoms with van der Waals surface area (Å²) in [6.45, 7) is 2.10. The molecule has 0 spiro atoms. The minimum absolute atomic E-state index is 0.192. The van der Waals surface area contributed by atoms with Gasteiger partial charge >= 0.3 is 0 Å². The third-order valence-corrected chi connectivity index (χ3v) is 2.72. The Hall–Kier alpha value is -2.50. The van der Waals surface area contributed by atoms with Crippen LogP contribution in [0.2, 0.25) is 0 Å². The molecule has 0 unspecified atom stereocenters. The van der Waals surface area contributed by atoms with Gasteiger partial charge in [0.15, 0.2) is 0 Å². The molecule has 0 aliphatic heterocycles. The average Bonchev–Trinajstić information content (AvgIpc) is 2.91. The van der Waals surface area contributed by atoms with E-state index in [4.69, 9.17) is 14.0 Å². The van der Waals surface area contributed by atoms with Crippen molar-refractivity contribution in [3.63, 3.8) is 0 Å². The van der Waals surface area contributed by atoms with Crippen molar-refractivity contribution in [2.24, 2.45) is 0 Å². The normalized spacial score (nSPS) is 10.2. The van der Waals surface area contributed by atoms with Crippen LogP contribution in [0.4, 0.5) is 0 Å². The molecule has 1 aromatic heterocycles. The molecule has 0 fully saturated rings. The first-order chi connectivity index (χ1) is 9.62. The molecular formula is C14H16N2O4. The van der Waals surface area contributed by atoms with Crippen LogP contribution in [-0.2, 0) is 6.54 Å². The van der Waals surface area contributed by atoms with Gasteiger partial charge in [-0.05, 0) is 24.6 Å². The van der Waals surface area contributed by atoms with Crippen molar-refractivity contribution >= 4 is 5.91 Å². The van der Waals surface area contributed by atoms with Crippen LogP contribution in [-0.4, -0.2) is 25.3 Å². The molecule has 0 aliphatic carbocycles. The molecular weight excluding hydrogens is 260 g/mol. The fraction of sp³-hybridized carbons (Fsp3) is 0.286. The minimum Gasteiger partial charge on any atom is -0.497 e. The van der Waals surface area contributed by atoms with Gasteiger partial charge in [-0.3, -0.25) is 4.79 Å². The van der Waals surface area contributed by atoms with Crippen LogP contribution >= 0.6 is 0 Å². The molecule has 6 nitrogen and oxygen atoms in total. The maximum atomic E-state index is 11.8. The highest BCUT2D eigenvalue weighted by Crippen LogP contribution is 2.22. The quantitative estimate of drug-likeness (QED) is 0.903. The summed E-state index contributed by atoms with van der Waals surface area (Å²) in [5, 5.41) is 6.42. The van der Waals surface area contributed by atoms with Crippen molar-refractivity contribution in [2.75, 3.05) is 14.2 Å². The molecule has 0 bridgehead atoms. The SMILES string of the molecule is COc1cc(CNC(=O)c2cc(C)no2)cc(OC)c1. The Labute approximate surface area is 116 Å². The summed E-state index contributed by atoms with van der Waals surface area (Å²) in [5.74, 6) is 1.22. The van der Waals surface area contributed by atoms with Crippen molar-refractivity contribution in [1.29, 1.82) is 0 Å². The van der Waals surface area contributed by atoms with Crippen LogP contribution < -0.4 is 14.8 Å². The molecule has 0 saturated heterocycles. The maximum Gasteiger partial charge on any atom is 0.290 e. The van der Waals surface area contributed by atoms with Gasteiger partial charge in [-0.1, -0.05) is 5.16 Å². The second-order valence-corrected chi connectivity index (χ2v) is 4.24. The molecule has 6 heteroatoms. The van der Waals surface area contributed by atoms with Gasteiger partial charge in [-0.25, -0.2) is 0 Å². The molecule has 0 saturated carbocycles. The van der Waals surface area contributed by atoms with E-state index >= 15 is 0 Å². The first kappa shape index (κ1) is 13.9. The van der Waals surface area contributed by atoms with E-state index in [1.165, 1.54) is 0 Å². The Morgan fingerprint density at radius 3 is 2.35 bits per heavy atom. The number of aromatic nitrogens is 1. The van der Waals surface area contributed by atoms with Crippen LogP contribution in [0.25, 0.3) is 0 Å². The summed E-state index contributed by atoms with van der Waals surface area (Å²) in [6.07, 6.45) is 0. The number of carbonyl (C=O) groups excluding carboxylic acids is 1. The number of hydrogen-bond donors (Lipinski definition) is 1. The third kappa shape index (κ3) is 3.28. The summed E-state index contributed by atoms with van der Waals surface area (Å²) < 4.78 is 15.2. The van der Waals surface area contributed by atoms with Gasteiger partial charge in [0, 0.05) is 18.7 Å². The van der Waals surface area contributed by atoms with Crippen molar-refractivity contribution in [1.82, 2.24) is 10.5 Å². The van der Waals surface area contributed by atoms with E-state index in [1.807, 2.05) is 12.1 Å². The Morgan fingerprint density at radius 1 is 1.20 bits per heavy atom. The Kier molecular flexibility index (Phi) is 4.24. The predicted molar refractivity (Wildman–Crippen MR) is 72.0 cm³/mol. The number of hydrogen-bond acceptors (Lipinski definition) is 5. The molecule has 0 radical (unpaired) electrons. The smallest absolute Gasteiger partial charge is 0.290 e. The first-order valence-corrected chi connectivity index (χ1v) is 6.06. The topological polar surface area (TPSA) is 73.6 Å². The second-order valence-electron chi connectivity index (χ2n) is 4.24. The van der Waals surface area contributed by atoms with Crippen LogP contribution in [0.15, 0.2) is 28.8 Å². The lowest BCUT2D eigenvalue weighted by Gasteiger charge is -2.08. The van der Waals surface area contributed by atoms with Gasteiger partial charge in [0.2, 0.25) is 5.76 Å². The number of benzene rings is 1. The highest BCUT2D eigenvalue weighted by molar-refractivity contribution is 5.91. The molecule has 0 atom stereocenters. The van der Waals surface area contributed by atoms with Crippen molar-refractivity contribution in [2.45, 2.75) is 13.5 Å². The maximum absolute atomic E-state index is 11.8. The highest BCUT2D eigenvalue weighted by Gasteiger charge is 2.11. The van der Waals surface area contributed by atoms with Crippen LogP contribution in [0.5, 0.6) is 11.5 Å². The summed E-state index contributed by atoms with van der Waals surface area (Å²) in [4.78, 5) is 11.8. The van der Waals surface area contributed by atoms with E-state index in [0.29, 0.717) is 23.7 Å². The van der Waals surface area contributed by atoms with E-state index < -0.39 is 0 Å². The lowest BCUT2D eigenvalue weighted by molar-refractivity contribution is 0.0914. The Balaban J connectivity index is 2.05. The zero-order valence-electron chi connectivity index (χ0n) is 11.6. The number of methoxy groups -OCH3 is 2. The molecule has 0 aliphatic rings. The fourth-order valence-electron chi connectivity index (χ4n) is 1.71. The number of amides is 1. The van der Waals surface area contributed by atoms with E-state index in [2.05, 4.69) is 10.5 Å². The van der Waals surface area contributed by atoms with E-state index in [0.717, 1.165) is 5.56 Å².